The lowest BCUT2D eigenvalue weighted by Crippen LogP contribution is -2.48. The fraction of sp³-hybridized carbons (Fsp3) is 0.571. The van der Waals surface area contributed by atoms with Gasteiger partial charge in [0.15, 0.2) is 0 Å². The second-order valence-corrected chi connectivity index (χ2v) is 6.44. The number of urea groups is 1. The first-order valence-electron chi connectivity index (χ1n) is 7.40. The number of nitrogens with one attached hydrogen (secondary N) is 2. The lowest BCUT2D eigenvalue weighted by Gasteiger charge is -2.29. The first-order valence-corrected chi connectivity index (χ1v) is 8.15. The van der Waals surface area contributed by atoms with Crippen LogP contribution in [0.1, 0.15) is 32.6 Å². The topological polar surface area (TPSA) is 93.1 Å². The zero-order valence-corrected chi connectivity index (χ0v) is 14.2. The number of aromatic nitrogens is 2. The molecular formula is C14H18Cl2N4O3. The van der Waals surface area contributed by atoms with Crippen LogP contribution in [0.2, 0.25) is 10.0 Å². The molecule has 23 heavy (non-hydrogen) atoms. The van der Waals surface area contributed by atoms with Gasteiger partial charge >= 0.3 is 6.03 Å². The number of amides is 3. The van der Waals surface area contributed by atoms with Crippen molar-refractivity contribution >= 4 is 35.1 Å². The highest BCUT2D eigenvalue weighted by molar-refractivity contribution is 6.41. The van der Waals surface area contributed by atoms with E-state index in [1.807, 2.05) is 0 Å². The van der Waals surface area contributed by atoms with E-state index in [0.29, 0.717) is 5.92 Å². The molecule has 2 N–H and O–H groups in total. The molecule has 1 saturated carbocycles. The summed E-state index contributed by atoms with van der Waals surface area (Å²) in [6.07, 6.45) is 5.35. The van der Waals surface area contributed by atoms with Gasteiger partial charge in [-0.3, -0.25) is 14.9 Å². The smallest absolute Gasteiger partial charge is 0.321 e. The molecule has 1 aromatic rings. The summed E-state index contributed by atoms with van der Waals surface area (Å²) in [4.78, 5) is 35.5. The van der Waals surface area contributed by atoms with Crippen molar-refractivity contribution in [3.63, 3.8) is 0 Å². The number of rotatable bonds is 3. The van der Waals surface area contributed by atoms with E-state index in [1.165, 1.54) is 6.20 Å². The fourth-order valence-corrected chi connectivity index (χ4v) is 2.87. The molecule has 0 unspecified atom stereocenters. The first-order chi connectivity index (χ1) is 10.9. The molecule has 2 rings (SSSR count). The van der Waals surface area contributed by atoms with Gasteiger partial charge in [0.2, 0.25) is 5.91 Å². The summed E-state index contributed by atoms with van der Waals surface area (Å²) < 4.78 is 0.847. The number of imide groups is 1. The standard InChI is InChI=1S/C14H18Cl2N4O3/c1-8-4-2-3-5-10(8)18-14(23)19-11(21)7-20-13(22)12(16)9(15)6-17-20/h6,8,10H,2-5,7H2,1H3,(H2,18,19,21,23)/t8-,10-/m1/s1. The van der Waals surface area contributed by atoms with Crippen LogP contribution in [0.4, 0.5) is 4.79 Å². The summed E-state index contributed by atoms with van der Waals surface area (Å²) in [7, 11) is 0. The number of nitrogens with zero attached hydrogens (tertiary/aromatic N) is 2. The minimum absolute atomic E-state index is 0.0114. The van der Waals surface area contributed by atoms with Gasteiger partial charge < -0.3 is 5.32 Å². The second kappa shape index (κ2) is 7.79. The molecule has 0 radical (unpaired) electrons. The monoisotopic (exact) mass is 360 g/mol. The van der Waals surface area contributed by atoms with Gasteiger partial charge in [-0.25, -0.2) is 9.48 Å². The van der Waals surface area contributed by atoms with Crippen LogP contribution >= 0.6 is 23.2 Å². The average molecular weight is 361 g/mol. The molecule has 9 heteroatoms. The van der Waals surface area contributed by atoms with Gasteiger partial charge in [-0.2, -0.15) is 5.10 Å². The van der Waals surface area contributed by atoms with E-state index in [0.717, 1.165) is 30.4 Å². The van der Waals surface area contributed by atoms with E-state index >= 15 is 0 Å². The summed E-state index contributed by atoms with van der Waals surface area (Å²) in [5, 5.41) is 8.49. The summed E-state index contributed by atoms with van der Waals surface area (Å²) in [6.45, 7) is 1.66. The normalized spacial score (nSPS) is 20.8. The van der Waals surface area contributed by atoms with E-state index in [1.54, 1.807) is 0 Å². The predicted molar refractivity (Wildman–Crippen MR) is 86.6 cm³/mol. The Labute approximate surface area is 143 Å². The molecule has 0 aromatic carbocycles. The van der Waals surface area contributed by atoms with Crippen molar-refractivity contribution in [3.8, 4) is 0 Å². The van der Waals surface area contributed by atoms with Crippen LogP contribution < -0.4 is 16.2 Å². The van der Waals surface area contributed by atoms with E-state index in [2.05, 4.69) is 22.7 Å². The molecule has 0 bridgehead atoms. The maximum atomic E-state index is 11.9. The maximum Gasteiger partial charge on any atom is 0.321 e. The third-order valence-electron chi connectivity index (χ3n) is 3.92. The SMILES string of the molecule is C[C@@H]1CCCC[C@H]1NC(=O)NC(=O)Cn1ncc(Cl)c(Cl)c1=O. The van der Waals surface area contributed by atoms with Crippen LogP contribution in [0, 0.1) is 5.92 Å². The number of hydrogen-bond donors (Lipinski definition) is 2. The first kappa shape index (κ1) is 17.7. The third kappa shape index (κ3) is 4.68. The number of carbonyl (C=O) groups is 2. The molecule has 0 spiro atoms. The van der Waals surface area contributed by atoms with Crippen molar-refractivity contribution in [1.82, 2.24) is 20.4 Å². The van der Waals surface area contributed by atoms with E-state index < -0.39 is 24.0 Å². The Kier molecular flexibility index (Phi) is 6.01. The van der Waals surface area contributed by atoms with Gasteiger partial charge in [0, 0.05) is 6.04 Å². The van der Waals surface area contributed by atoms with Gasteiger partial charge in [0.25, 0.3) is 5.56 Å². The van der Waals surface area contributed by atoms with Gasteiger partial charge in [0.05, 0.1) is 11.2 Å². The second-order valence-electron chi connectivity index (χ2n) is 5.66. The zero-order chi connectivity index (χ0) is 17.0. The lowest BCUT2D eigenvalue weighted by molar-refractivity contribution is -0.120. The number of halogens is 2. The fourth-order valence-electron chi connectivity index (χ4n) is 2.59. The molecular weight excluding hydrogens is 343 g/mol. The van der Waals surface area contributed by atoms with Crippen LogP contribution in [0.5, 0.6) is 0 Å². The molecule has 7 nitrogen and oxygen atoms in total. The van der Waals surface area contributed by atoms with Crippen molar-refractivity contribution in [2.45, 2.75) is 45.2 Å². The zero-order valence-electron chi connectivity index (χ0n) is 12.6. The van der Waals surface area contributed by atoms with Crippen molar-refractivity contribution in [2.75, 3.05) is 0 Å². The van der Waals surface area contributed by atoms with Crippen LogP contribution in [-0.2, 0) is 11.3 Å². The van der Waals surface area contributed by atoms with Gasteiger partial charge in [0.1, 0.15) is 11.6 Å². The summed E-state index contributed by atoms with van der Waals surface area (Å²) in [5.74, 6) is -0.275. The molecule has 1 aliphatic carbocycles. The quantitative estimate of drug-likeness (QED) is 0.861. The highest BCUT2D eigenvalue weighted by atomic mass is 35.5. The van der Waals surface area contributed by atoms with E-state index in [-0.39, 0.29) is 16.1 Å². The van der Waals surface area contributed by atoms with E-state index in [4.69, 9.17) is 23.2 Å². The Bertz CT molecular complexity index is 662. The van der Waals surface area contributed by atoms with Crippen molar-refractivity contribution in [3.05, 3.63) is 26.6 Å². The molecule has 1 heterocycles. The number of carbonyl (C=O) groups excluding carboxylic acids is 2. The molecule has 1 aliphatic rings. The summed E-state index contributed by atoms with van der Waals surface area (Å²) in [5.41, 5.74) is -0.685. The van der Waals surface area contributed by atoms with Crippen molar-refractivity contribution in [2.24, 2.45) is 5.92 Å². The highest BCUT2D eigenvalue weighted by Crippen LogP contribution is 2.23. The summed E-state index contributed by atoms with van der Waals surface area (Å²) in [6, 6.07) is -0.510. The Hall–Kier alpha value is -1.60. The predicted octanol–water partition coefficient (Wildman–Crippen LogP) is 1.95. The van der Waals surface area contributed by atoms with Gasteiger partial charge in [-0.15, -0.1) is 0 Å². The number of hydrogen-bond acceptors (Lipinski definition) is 4. The Balaban J connectivity index is 1.90. The maximum absolute atomic E-state index is 11.9. The molecule has 3 amide bonds. The Morgan fingerprint density at radius 2 is 2.04 bits per heavy atom. The molecule has 0 saturated heterocycles. The van der Waals surface area contributed by atoms with E-state index in [9.17, 15) is 14.4 Å². The van der Waals surface area contributed by atoms with Gasteiger partial charge in [-0.05, 0) is 18.8 Å². The Morgan fingerprint density at radius 3 is 2.74 bits per heavy atom. The van der Waals surface area contributed by atoms with Crippen molar-refractivity contribution < 1.29 is 9.59 Å². The molecule has 126 valence electrons. The highest BCUT2D eigenvalue weighted by Gasteiger charge is 2.23. The average Bonchev–Trinajstić information content (AvgIpc) is 2.50. The summed E-state index contributed by atoms with van der Waals surface area (Å²) >= 11 is 11.4. The molecule has 1 fully saturated rings. The minimum atomic E-state index is -0.685. The van der Waals surface area contributed by atoms with Gasteiger partial charge in [-0.1, -0.05) is 43.0 Å². The van der Waals surface area contributed by atoms with Crippen LogP contribution in [0.25, 0.3) is 0 Å². The Morgan fingerprint density at radius 1 is 1.35 bits per heavy atom. The molecule has 1 aromatic heterocycles. The van der Waals surface area contributed by atoms with Crippen LogP contribution in [-0.4, -0.2) is 27.8 Å². The van der Waals surface area contributed by atoms with Crippen LogP contribution in [0.3, 0.4) is 0 Å². The molecule has 0 aliphatic heterocycles. The third-order valence-corrected chi connectivity index (χ3v) is 4.67. The minimum Gasteiger partial charge on any atom is -0.335 e. The molecule has 2 atom stereocenters. The lowest BCUT2D eigenvalue weighted by atomic mass is 9.86. The van der Waals surface area contributed by atoms with Crippen LogP contribution in [0.15, 0.2) is 11.0 Å². The van der Waals surface area contributed by atoms with Crippen molar-refractivity contribution in [1.29, 1.82) is 0 Å². The largest absolute Gasteiger partial charge is 0.335 e.